The average Bonchev–Trinajstić information content (AvgIpc) is 2.97. The third kappa shape index (κ3) is 9.14. The second-order valence-corrected chi connectivity index (χ2v) is 12.5. The molecule has 5 atom stereocenters. The molecule has 7 nitrogen and oxygen atoms in total. The van der Waals surface area contributed by atoms with Gasteiger partial charge < -0.3 is 23.5 Å². The van der Waals surface area contributed by atoms with Crippen LogP contribution in [0.3, 0.4) is 0 Å². The van der Waals surface area contributed by atoms with Gasteiger partial charge >= 0.3 is 0 Å². The minimum Gasteiger partial charge on any atom is -0.497 e. The van der Waals surface area contributed by atoms with Gasteiger partial charge in [0, 0.05) is 31.7 Å². The van der Waals surface area contributed by atoms with E-state index in [2.05, 4.69) is 38.2 Å². The summed E-state index contributed by atoms with van der Waals surface area (Å²) in [7, 11) is -1.86. The van der Waals surface area contributed by atoms with Crippen molar-refractivity contribution in [3.8, 4) is 5.75 Å². The van der Waals surface area contributed by atoms with Crippen molar-refractivity contribution in [2.45, 2.75) is 89.9 Å². The first-order chi connectivity index (χ1) is 19.1. The standard InChI is InChI=1S/C31H48NO6P/c1-5-8-20-35-24-28-29(36-21-9-6-2)30(37-22-10-7-3)31(32-23-25-14-12-11-13-15-25)39(33,38-28)27-18-16-26(34-4)17-19-27/h11-19,28-32H,5-10,20-24H2,1-4H3/t28-,29-,30+,31?,39+/m1/s1. The van der Waals surface area contributed by atoms with E-state index >= 15 is 4.57 Å². The highest BCUT2D eigenvalue weighted by Gasteiger charge is 2.54. The van der Waals surface area contributed by atoms with Crippen LogP contribution in [0.2, 0.25) is 0 Å². The van der Waals surface area contributed by atoms with E-state index in [0.29, 0.717) is 44.0 Å². The Morgan fingerprint density at radius 3 is 2.05 bits per heavy atom. The zero-order valence-corrected chi connectivity index (χ0v) is 25.1. The Labute approximate surface area is 235 Å². The highest BCUT2D eigenvalue weighted by molar-refractivity contribution is 7.67. The Hall–Kier alpha value is -1.73. The van der Waals surface area contributed by atoms with Crippen LogP contribution in [-0.2, 0) is 29.8 Å². The van der Waals surface area contributed by atoms with Crippen molar-refractivity contribution in [2.24, 2.45) is 0 Å². The van der Waals surface area contributed by atoms with Crippen molar-refractivity contribution in [3.63, 3.8) is 0 Å². The van der Waals surface area contributed by atoms with E-state index in [1.54, 1.807) is 7.11 Å². The fourth-order valence-electron chi connectivity index (χ4n) is 4.66. The minimum absolute atomic E-state index is 0.302. The molecule has 0 spiro atoms. The van der Waals surface area contributed by atoms with Gasteiger partial charge in [0.1, 0.15) is 29.8 Å². The monoisotopic (exact) mass is 561 g/mol. The molecular weight excluding hydrogens is 513 g/mol. The van der Waals surface area contributed by atoms with Crippen molar-refractivity contribution in [1.29, 1.82) is 0 Å². The lowest BCUT2D eigenvalue weighted by Crippen LogP contribution is -2.59. The molecule has 1 unspecified atom stereocenters. The smallest absolute Gasteiger partial charge is 0.251 e. The molecule has 2 aromatic carbocycles. The molecule has 0 radical (unpaired) electrons. The molecular formula is C31H48NO6P. The van der Waals surface area contributed by atoms with Crippen LogP contribution < -0.4 is 15.4 Å². The van der Waals surface area contributed by atoms with E-state index in [0.717, 1.165) is 44.1 Å². The number of hydrogen-bond acceptors (Lipinski definition) is 7. The van der Waals surface area contributed by atoms with Crippen molar-refractivity contribution >= 4 is 12.7 Å². The fourth-order valence-corrected chi connectivity index (χ4v) is 7.36. The Bertz CT molecular complexity index is 973. The number of nitrogens with one attached hydrogen (secondary N) is 1. The normalized spacial score (nSPS) is 25.0. The summed E-state index contributed by atoms with van der Waals surface area (Å²) >= 11 is 0. The lowest BCUT2D eigenvalue weighted by molar-refractivity contribution is -0.147. The second kappa shape index (κ2) is 17.2. The third-order valence-electron chi connectivity index (χ3n) is 6.99. The molecule has 1 heterocycles. The summed E-state index contributed by atoms with van der Waals surface area (Å²) in [5.41, 5.74) is 1.10. The van der Waals surface area contributed by atoms with Crippen LogP contribution in [0.1, 0.15) is 64.9 Å². The fraction of sp³-hybridized carbons (Fsp3) is 0.613. The van der Waals surface area contributed by atoms with Gasteiger partial charge in [0.2, 0.25) is 0 Å². The molecule has 2 aromatic rings. The van der Waals surface area contributed by atoms with Crippen molar-refractivity contribution in [1.82, 2.24) is 5.32 Å². The first kappa shape index (κ1) is 31.8. The second-order valence-electron chi connectivity index (χ2n) is 10.1. The third-order valence-corrected chi connectivity index (χ3v) is 9.80. The molecule has 218 valence electrons. The van der Waals surface area contributed by atoms with E-state index in [1.165, 1.54) is 0 Å². The number of rotatable bonds is 18. The maximum atomic E-state index is 15.1. The van der Waals surface area contributed by atoms with Crippen LogP contribution in [0.4, 0.5) is 0 Å². The van der Waals surface area contributed by atoms with Gasteiger partial charge in [0.05, 0.1) is 13.7 Å². The van der Waals surface area contributed by atoms with E-state index in [1.807, 2.05) is 42.5 Å². The summed E-state index contributed by atoms with van der Waals surface area (Å²) in [4.78, 5) is 0. The van der Waals surface area contributed by atoms with Crippen molar-refractivity contribution in [3.05, 3.63) is 60.2 Å². The molecule has 8 heteroatoms. The maximum Gasteiger partial charge on any atom is 0.251 e. The molecule has 1 fully saturated rings. The predicted molar refractivity (Wildman–Crippen MR) is 157 cm³/mol. The summed E-state index contributed by atoms with van der Waals surface area (Å²) in [5, 5.41) is 4.21. The van der Waals surface area contributed by atoms with Gasteiger partial charge in [0.25, 0.3) is 7.37 Å². The molecule has 1 saturated heterocycles. The topological polar surface area (TPSA) is 75.3 Å². The summed E-state index contributed by atoms with van der Waals surface area (Å²) in [6, 6.07) is 17.5. The first-order valence-electron chi connectivity index (χ1n) is 14.6. The van der Waals surface area contributed by atoms with E-state index in [9.17, 15) is 0 Å². The Morgan fingerprint density at radius 2 is 1.44 bits per heavy atom. The van der Waals surface area contributed by atoms with E-state index in [4.69, 9.17) is 23.5 Å². The van der Waals surface area contributed by atoms with Crippen LogP contribution in [0.15, 0.2) is 54.6 Å². The average molecular weight is 562 g/mol. The maximum absolute atomic E-state index is 15.1. The first-order valence-corrected chi connectivity index (χ1v) is 16.3. The van der Waals surface area contributed by atoms with Crippen LogP contribution >= 0.6 is 7.37 Å². The molecule has 0 amide bonds. The predicted octanol–water partition coefficient (Wildman–Crippen LogP) is 6.30. The van der Waals surface area contributed by atoms with Gasteiger partial charge in [-0.3, -0.25) is 9.88 Å². The lowest BCUT2D eigenvalue weighted by atomic mass is 10.1. The molecule has 0 saturated carbocycles. The molecule has 1 N–H and O–H groups in total. The molecule has 0 bridgehead atoms. The summed E-state index contributed by atoms with van der Waals surface area (Å²) in [5.74, 6) is 0.105. The quantitative estimate of drug-likeness (QED) is 0.169. The Balaban J connectivity index is 2.01. The zero-order chi connectivity index (χ0) is 27.9. The Kier molecular flexibility index (Phi) is 14.0. The van der Waals surface area contributed by atoms with Gasteiger partial charge in [-0.2, -0.15) is 0 Å². The van der Waals surface area contributed by atoms with Gasteiger partial charge in [-0.15, -0.1) is 0 Å². The number of methoxy groups -OCH3 is 1. The largest absolute Gasteiger partial charge is 0.497 e. The van der Waals surface area contributed by atoms with Gasteiger partial charge in [-0.05, 0) is 49.1 Å². The van der Waals surface area contributed by atoms with Gasteiger partial charge in [0.15, 0.2) is 0 Å². The highest BCUT2D eigenvalue weighted by Crippen LogP contribution is 2.57. The number of unbranched alkanes of at least 4 members (excludes halogenated alkanes) is 3. The molecule has 39 heavy (non-hydrogen) atoms. The van der Waals surface area contributed by atoms with Gasteiger partial charge in [-0.1, -0.05) is 70.4 Å². The van der Waals surface area contributed by atoms with E-state index in [-0.39, 0.29) is 0 Å². The highest BCUT2D eigenvalue weighted by atomic mass is 31.2. The number of ether oxygens (including phenoxy) is 4. The lowest BCUT2D eigenvalue weighted by Gasteiger charge is -2.46. The summed E-state index contributed by atoms with van der Waals surface area (Å²) in [6.45, 7) is 9.02. The van der Waals surface area contributed by atoms with Crippen LogP contribution in [-0.4, -0.2) is 57.6 Å². The van der Waals surface area contributed by atoms with Crippen molar-refractivity contribution in [2.75, 3.05) is 33.5 Å². The molecule has 0 aliphatic carbocycles. The zero-order valence-electron chi connectivity index (χ0n) is 24.2. The number of hydrogen-bond donors (Lipinski definition) is 1. The number of benzene rings is 2. The minimum atomic E-state index is -3.49. The molecule has 3 rings (SSSR count). The van der Waals surface area contributed by atoms with Gasteiger partial charge in [-0.25, -0.2) is 0 Å². The van der Waals surface area contributed by atoms with Crippen molar-refractivity contribution < 1.29 is 28.0 Å². The van der Waals surface area contributed by atoms with Crippen LogP contribution in [0.5, 0.6) is 5.75 Å². The Morgan fingerprint density at radius 1 is 0.821 bits per heavy atom. The SMILES string of the molecule is CCCCOC[C@H]1O[P@@](=O)(c2ccc(OC)cc2)C(NCc2ccccc2)[C@@H](OCCCC)[C@@H]1OCCCC. The molecule has 0 aromatic heterocycles. The molecule has 1 aliphatic heterocycles. The summed E-state index contributed by atoms with van der Waals surface area (Å²) in [6.07, 6.45) is 4.46. The summed E-state index contributed by atoms with van der Waals surface area (Å²) < 4.78 is 46.1. The van der Waals surface area contributed by atoms with Crippen LogP contribution in [0.25, 0.3) is 0 Å². The molecule has 1 aliphatic rings. The van der Waals surface area contributed by atoms with E-state index < -0.39 is 31.5 Å². The van der Waals surface area contributed by atoms with Crippen LogP contribution in [0, 0.1) is 0 Å².